The van der Waals surface area contributed by atoms with E-state index in [0.29, 0.717) is 17.2 Å². The normalized spacial score (nSPS) is 32.6. The molecule has 0 radical (unpaired) electrons. The molecule has 158 valence electrons. The molecule has 2 aromatic rings. The van der Waals surface area contributed by atoms with Crippen LogP contribution in [0.3, 0.4) is 0 Å². The predicted molar refractivity (Wildman–Crippen MR) is 112 cm³/mol. The number of oxime groups is 1. The molecule has 4 aliphatic rings. The third-order valence-corrected chi connectivity index (χ3v) is 7.38. The van der Waals surface area contributed by atoms with Crippen LogP contribution in [0.4, 0.5) is 5.69 Å². The summed E-state index contributed by atoms with van der Waals surface area (Å²) in [6.07, 6.45) is 0.652. The molecule has 2 amide bonds. The van der Waals surface area contributed by atoms with Gasteiger partial charge in [-0.1, -0.05) is 23.4 Å². The third-order valence-electron chi connectivity index (χ3n) is 7.38. The van der Waals surface area contributed by atoms with Crippen molar-refractivity contribution in [2.45, 2.75) is 12.5 Å². The van der Waals surface area contributed by atoms with Gasteiger partial charge in [0.2, 0.25) is 11.8 Å². The number of para-hydroxylation sites is 1. The lowest BCUT2D eigenvalue weighted by molar-refractivity contribution is -0.125. The number of carbonyl (C=O) groups is 2. The molecule has 7 nitrogen and oxygen atoms in total. The molecule has 31 heavy (non-hydrogen) atoms. The number of carbonyl (C=O) groups excluding carboxylic acids is 2. The third kappa shape index (κ3) is 2.37. The smallest absolute Gasteiger partial charge is 0.238 e. The Hall–Kier alpha value is -3.35. The Kier molecular flexibility index (Phi) is 3.91. The fourth-order valence-corrected chi connectivity index (χ4v) is 6.19. The zero-order valence-corrected chi connectivity index (χ0v) is 17.2. The van der Waals surface area contributed by atoms with Crippen molar-refractivity contribution in [2.75, 3.05) is 19.1 Å². The summed E-state index contributed by atoms with van der Waals surface area (Å²) in [5, 5.41) is 4.40. The van der Waals surface area contributed by atoms with Crippen LogP contribution in [0.2, 0.25) is 0 Å². The maximum absolute atomic E-state index is 13.4. The number of imide groups is 1. The molecule has 0 aromatic heterocycles. The first kappa shape index (κ1) is 18.4. The van der Waals surface area contributed by atoms with Gasteiger partial charge in [0.05, 0.1) is 37.5 Å². The molecular formula is C24H22N2O5. The molecule has 2 aliphatic carbocycles. The first-order valence-corrected chi connectivity index (χ1v) is 10.5. The number of hydrogen-bond donors (Lipinski definition) is 0. The van der Waals surface area contributed by atoms with Crippen LogP contribution in [-0.2, 0) is 14.4 Å². The van der Waals surface area contributed by atoms with Crippen molar-refractivity contribution in [1.82, 2.24) is 0 Å². The van der Waals surface area contributed by atoms with Gasteiger partial charge in [-0.25, -0.2) is 0 Å². The van der Waals surface area contributed by atoms with Gasteiger partial charge in [-0.05, 0) is 42.7 Å². The summed E-state index contributed by atoms with van der Waals surface area (Å²) in [6, 6.07) is 14.9. The van der Waals surface area contributed by atoms with Gasteiger partial charge in [-0.2, -0.15) is 0 Å². The molecule has 0 spiro atoms. The van der Waals surface area contributed by atoms with E-state index in [9.17, 15) is 9.59 Å². The largest absolute Gasteiger partial charge is 0.493 e. The van der Waals surface area contributed by atoms with Gasteiger partial charge in [0, 0.05) is 17.4 Å². The van der Waals surface area contributed by atoms with Crippen LogP contribution in [0.15, 0.2) is 53.7 Å². The Morgan fingerprint density at radius 3 is 2.32 bits per heavy atom. The van der Waals surface area contributed by atoms with E-state index < -0.39 is 0 Å². The van der Waals surface area contributed by atoms with Gasteiger partial charge in [0.1, 0.15) is 6.10 Å². The lowest BCUT2D eigenvalue weighted by Crippen LogP contribution is -2.41. The number of fused-ring (bicyclic) bond motifs is 8. The van der Waals surface area contributed by atoms with Gasteiger partial charge >= 0.3 is 0 Å². The lowest BCUT2D eigenvalue weighted by Gasteiger charge is -2.29. The second kappa shape index (κ2) is 6.57. The van der Waals surface area contributed by atoms with E-state index in [1.54, 1.807) is 14.2 Å². The van der Waals surface area contributed by atoms with Gasteiger partial charge < -0.3 is 14.3 Å². The molecular weight excluding hydrogens is 396 g/mol. The highest BCUT2D eigenvalue weighted by Crippen LogP contribution is 2.62. The quantitative estimate of drug-likeness (QED) is 0.714. The minimum Gasteiger partial charge on any atom is -0.493 e. The topological polar surface area (TPSA) is 77.4 Å². The van der Waals surface area contributed by atoms with Crippen molar-refractivity contribution in [2.24, 2.45) is 34.7 Å². The lowest BCUT2D eigenvalue weighted by atomic mass is 9.71. The van der Waals surface area contributed by atoms with Gasteiger partial charge in [-0.3, -0.25) is 14.5 Å². The molecule has 0 unspecified atom stereocenters. The van der Waals surface area contributed by atoms with Gasteiger partial charge in [0.25, 0.3) is 0 Å². The molecule has 1 saturated heterocycles. The van der Waals surface area contributed by atoms with Crippen molar-refractivity contribution in [3.8, 4) is 11.5 Å². The van der Waals surface area contributed by atoms with Crippen molar-refractivity contribution in [1.29, 1.82) is 0 Å². The van der Waals surface area contributed by atoms with Crippen LogP contribution < -0.4 is 14.4 Å². The van der Waals surface area contributed by atoms with Crippen LogP contribution >= 0.6 is 0 Å². The molecule has 0 N–H and O–H groups in total. The molecule has 3 fully saturated rings. The standard InChI is InChI=1S/C24H22N2O5/c1-29-16-9-8-12(10-17(16)30-2)21-20-14-11-15(22(20)31-25-21)19-18(14)23(27)26(24(19)28)13-6-4-3-5-7-13/h3-10,14-15,18-20,22H,11H2,1-2H3/t14-,15-,18-,19-,20-,22-/m1/s1. The molecule has 7 heteroatoms. The Labute approximate surface area is 179 Å². The summed E-state index contributed by atoms with van der Waals surface area (Å²) in [5.41, 5.74) is 2.37. The first-order valence-electron chi connectivity index (χ1n) is 10.5. The monoisotopic (exact) mass is 418 g/mol. The number of rotatable bonds is 4. The Morgan fingerprint density at radius 1 is 0.903 bits per heavy atom. The molecule has 6 atom stereocenters. The van der Waals surface area contributed by atoms with E-state index >= 15 is 0 Å². The van der Waals surface area contributed by atoms with E-state index in [0.717, 1.165) is 17.7 Å². The summed E-state index contributed by atoms with van der Waals surface area (Å²) in [4.78, 5) is 33.9. The van der Waals surface area contributed by atoms with Crippen molar-refractivity contribution >= 4 is 23.2 Å². The second-order valence-electron chi connectivity index (χ2n) is 8.60. The number of nitrogens with zero attached hydrogens (tertiary/aromatic N) is 2. The predicted octanol–water partition coefficient (Wildman–Crippen LogP) is 2.88. The molecule has 6 rings (SSSR count). The SMILES string of the molecule is COc1ccc(C2=NO[C@@H]3[C@@H]4C[C@H]([C@H]5C(=O)N(c6ccccc6)C(=O)[C@H]45)[C@H]23)cc1OC. The summed E-state index contributed by atoms with van der Waals surface area (Å²) >= 11 is 0. The second-order valence-corrected chi connectivity index (χ2v) is 8.60. The van der Waals surface area contributed by atoms with Crippen LogP contribution in [0.25, 0.3) is 0 Å². The maximum Gasteiger partial charge on any atom is 0.238 e. The molecule has 2 saturated carbocycles. The highest BCUT2D eigenvalue weighted by atomic mass is 16.6. The van der Waals surface area contributed by atoms with E-state index in [1.807, 2.05) is 48.5 Å². The van der Waals surface area contributed by atoms with Crippen LogP contribution in [-0.4, -0.2) is 37.8 Å². The zero-order valence-electron chi connectivity index (χ0n) is 17.2. The summed E-state index contributed by atoms with van der Waals surface area (Å²) < 4.78 is 10.8. The highest BCUT2D eigenvalue weighted by molar-refractivity contribution is 6.23. The number of benzene rings is 2. The van der Waals surface area contributed by atoms with Crippen molar-refractivity contribution in [3.05, 3.63) is 54.1 Å². The average Bonchev–Trinajstić information content (AvgIpc) is 3.54. The van der Waals surface area contributed by atoms with E-state index in [-0.39, 0.29) is 47.5 Å². The molecule has 2 heterocycles. The van der Waals surface area contributed by atoms with Gasteiger partial charge in [0.15, 0.2) is 11.5 Å². The highest BCUT2D eigenvalue weighted by Gasteiger charge is 2.70. The van der Waals surface area contributed by atoms with Crippen molar-refractivity contribution < 1.29 is 23.9 Å². The summed E-state index contributed by atoms with van der Waals surface area (Å²) in [5.74, 6) is 0.480. The Morgan fingerprint density at radius 2 is 1.61 bits per heavy atom. The van der Waals surface area contributed by atoms with Crippen LogP contribution in [0.1, 0.15) is 12.0 Å². The zero-order chi connectivity index (χ0) is 21.3. The average molecular weight is 418 g/mol. The minimum atomic E-state index is -0.320. The van der Waals surface area contributed by atoms with Crippen LogP contribution in [0, 0.1) is 29.6 Å². The maximum atomic E-state index is 13.4. The number of methoxy groups -OCH3 is 2. The van der Waals surface area contributed by atoms with Crippen molar-refractivity contribution in [3.63, 3.8) is 0 Å². The first-order chi connectivity index (χ1) is 15.1. The van der Waals surface area contributed by atoms with E-state index in [1.165, 1.54) is 4.90 Å². The number of ether oxygens (including phenoxy) is 2. The fraction of sp³-hybridized carbons (Fsp3) is 0.375. The fourth-order valence-electron chi connectivity index (χ4n) is 6.19. The Bertz CT molecular complexity index is 1110. The number of amides is 2. The summed E-state index contributed by atoms with van der Waals surface area (Å²) in [7, 11) is 3.20. The molecule has 2 bridgehead atoms. The van der Waals surface area contributed by atoms with Crippen LogP contribution in [0.5, 0.6) is 11.5 Å². The molecule has 2 aromatic carbocycles. The summed E-state index contributed by atoms with van der Waals surface area (Å²) in [6.45, 7) is 0. The Balaban J connectivity index is 1.34. The van der Waals surface area contributed by atoms with E-state index in [4.69, 9.17) is 14.3 Å². The number of anilines is 1. The van der Waals surface area contributed by atoms with E-state index in [2.05, 4.69) is 5.16 Å². The van der Waals surface area contributed by atoms with Gasteiger partial charge in [-0.15, -0.1) is 0 Å². The minimum absolute atomic E-state index is 0.00294. The molecule has 2 aliphatic heterocycles. The number of hydrogen-bond acceptors (Lipinski definition) is 6.